The van der Waals surface area contributed by atoms with Crippen LogP contribution >= 0.6 is 0 Å². The van der Waals surface area contributed by atoms with Crippen molar-refractivity contribution >= 4 is 12.0 Å². The van der Waals surface area contributed by atoms with Crippen LogP contribution in [0.3, 0.4) is 0 Å². The molecule has 0 radical (unpaired) electrons. The number of carboxylic acids is 1. The van der Waals surface area contributed by atoms with Crippen LogP contribution in [-0.2, 0) is 4.79 Å². The van der Waals surface area contributed by atoms with E-state index in [1.807, 2.05) is 4.90 Å². The first-order valence-corrected chi connectivity index (χ1v) is 7.89. The fourth-order valence-electron chi connectivity index (χ4n) is 3.12. The van der Waals surface area contributed by atoms with Gasteiger partial charge in [-0.3, -0.25) is 4.79 Å². The van der Waals surface area contributed by atoms with E-state index in [1.54, 1.807) is 4.90 Å². The number of hydrogen-bond donors (Lipinski definition) is 1. The predicted molar refractivity (Wildman–Crippen MR) is 76.6 cm³/mol. The second kappa shape index (κ2) is 6.95. The van der Waals surface area contributed by atoms with Gasteiger partial charge in [-0.25, -0.2) is 4.79 Å². The summed E-state index contributed by atoms with van der Waals surface area (Å²) in [7, 11) is 0. The van der Waals surface area contributed by atoms with E-state index in [1.165, 1.54) is 19.3 Å². The normalized spacial score (nSPS) is 23.2. The molecule has 0 spiro atoms. The number of carbonyl (C=O) groups is 2. The molecular weight excluding hydrogens is 256 g/mol. The fraction of sp³-hybridized carbons (Fsp3) is 0.867. The number of nitrogens with zero attached hydrogens (tertiary/aromatic N) is 2. The number of amides is 2. The third-order valence-electron chi connectivity index (χ3n) is 4.35. The number of likely N-dealkylation sites (tertiary alicyclic amines) is 1. The van der Waals surface area contributed by atoms with Crippen molar-refractivity contribution in [1.29, 1.82) is 0 Å². The van der Waals surface area contributed by atoms with Crippen LogP contribution in [0, 0.1) is 5.92 Å². The molecule has 1 atom stereocenters. The summed E-state index contributed by atoms with van der Waals surface area (Å²) < 4.78 is 0. The lowest BCUT2D eigenvalue weighted by molar-refractivity contribution is -0.137. The van der Waals surface area contributed by atoms with Gasteiger partial charge in [-0.15, -0.1) is 0 Å². The van der Waals surface area contributed by atoms with E-state index in [0.717, 1.165) is 44.7 Å². The molecule has 1 heterocycles. The molecule has 1 saturated carbocycles. The number of urea groups is 1. The molecule has 1 aliphatic carbocycles. The van der Waals surface area contributed by atoms with Gasteiger partial charge in [0.1, 0.15) is 6.54 Å². The lowest BCUT2D eigenvalue weighted by atomic mass is 9.96. The molecule has 114 valence electrons. The van der Waals surface area contributed by atoms with Gasteiger partial charge >= 0.3 is 12.0 Å². The van der Waals surface area contributed by atoms with Gasteiger partial charge in [-0.1, -0.05) is 19.8 Å². The summed E-state index contributed by atoms with van der Waals surface area (Å²) in [6, 6.07) is 0.0975. The van der Waals surface area contributed by atoms with Gasteiger partial charge in [0.15, 0.2) is 0 Å². The molecule has 0 aromatic heterocycles. The highest BCUT2D eigenvalue weighted by Crippen LogP contribution is 2.29. The van der Waals surface area contributed by atoms with E-state index >= 15 is 0 Å². The van der Waals surface area contributed by atoms with Crippen molar-refractivity contribution in [2.24, 2.45) is 5.92 Å². The molecule has 2 fully saturated rings. The first-order chi connectivity index (χ1) is 9.61. The Balaban J connectivity index is 1.91. The molecular formula is C15H26N2O3. The van der Waals surface area contributed by atoms with Gasteiger partial charge in [-0.2, -0.15) is 0 Å². The molecule has 5 heteroatoms. The number of rotatable bonds is 5. The van der Waals surface area contributed by atoms with Crippen molar-refractivity contribution in [3.05, 3.63) is 0 Å². The van der Waals surface area contributed by atoms with Crippen LogP contribution in [-0.4, -0.2) is 52.6 Å². The SMILES string of the molecule is CCCC1CCCN(C(=O)N(CC(=O)O)C2CC2)CC1. The Hall–Kier alpha value is -1.26. The lowest BCUT2D eigenvalue weighted by Crippen LogP contribution is -2.46. The zero-order valence-corrected chi connectivity index (χ0v) is 12.4. The van der Waals surface area contributed by atoms with Crippen LogP contribution in [0.4, 0.5) is 4.79 Å². The van der Waals surface area contributed by atoms with Crippen LogP contribution in [0.25, 0.3) is 0 Å². The van der Waals surface area contributed by atoms with Gasteiger partial charge in [-0.05, 0) is 38.0 Å². The maximum atomic E-state index is 12.5. The molecule has 20 heavy (non-hydrogen) atoms. The summed E-state index contributed by atoms with van der Waals surface area (Å²) in [6.07, 6.45) is 7.64. The van der Waals surface area contributed by atoms with Crippen molar-refractivity contribution in [1.82, 2.24) is 9.80 Å². The molecule has 1 unspecified atom stereocenters. The molecule has 2 aliphatic rings. The summed E-state index contributed by atoms with van der Waals surface area (Å²) in [4.78, 5) is 26.9. The minimum atomic E-state index is -0.913. The topological polar surface area (TPSA) is 60.9 Å². The summed E-state index contributed by atoms with van der Waals surface area (Å²) in [5, 5.41) is 8.96. The summed E-state index contributed by atoms with van der Waals surface area (Å²) in [5.41, 5.74) is 0. The van der Waals surface area contributed by atoms with Gasteiger partial charge in [0.25, 0.3) is 0 Å². The predicted octanol–water partition coefficient (Wildman–Crippen LogP) is 2.56. The first kappa shape index (κ1) is 15.1. The van der Waals surface area contributed by atoms with E-state index < -0.39 is 5.97 Å². The standard InChI is InChI=1S/C15H26N2O3/c1-2-4-12-5-3-9-16(10-8-12)15(20)17(11-14(18)19)13-6-7-13/h12-13H,2-11H2,1H3,(H,18,19). The van der Waals surface area contributed by atoms with E-state index in [0.29, 0.717) is 0 Å². The summed E-state index contributed by atoms with van der Waals surface area (Å²) >= 11 is 0. The smallest absolute Gasteiger partial charge is 0.323 e. The second-order valence-corrected chi connectivity index (χ2v) is 6.11. The fourth-order valence-corrected chi connectivity index (χ4v) is 3.12. The molecule has 1 aliphatic heterocycles. The van der Waals surface area contributed by atoms with Crippen LogP contribution in [0.1, 0.15) is 51.9 Å². The molecule has 1 saturated heterocycles. The van der Waals surface area contributed by atoms with Gasteiger partial charge in [0.05, 0.1) is 0 Å². The highest BCUT2D eigenvalue weighted by molar-refractivity contribution is 5.80. The maximum Gasteiger partial charge on any atom is 0.323 e. The zero-order chi connectivity index (χ0) is 14.5. The Bertz CT molecular complexity index is 355. The number of aliphatic carboxylic acids is 1. The minimum absolute atomic E-state index is 0.0629. The van der Waals surface area contributed by atoms with E-state index in [4.69, 9.17) is 5.11 Å². The Labute approximate surface area is 120 Å². The largest absolute Gasteiger partial charge is 0.480 e. The molecule has 0 aromatic carbocycles. The highest BCUT2D eigenvalue weighted by Gasteiger charge is 2.36. The molecule has 1 N–H and O–H groups in total. The van der Waals surface area contributed by atoms with Crippen molar-refractivity contribution in [3.8, 4) is 0 Å². The molecule has 0 bridgehead atoms. The quantitative estimate of drug-likeness (QED) is 0.843. The molecule has 2 amide bonds. The van der Waals surface area contributed by atoms with E-state index in [9.17, 15) is 9.59 Å². The Morgan fingerprint density at radius 2 is 1.95 bits per heavy atom. The minimum Gasteiger partial charge on any atom is -0.480 e. The lowest BCUT2D eigenvalue weighted by Gasteiger charge is -2.29. The third-order valence-corrected chi connectivity index (χ3v) is 4.35. The van der Waals surface area contributed by atoms with E-state index in [-0.39, 0.29) is 18.6 Å². The van der Waals surface area contributed by atoms with Gasteiger partial charge < -0.3 is 14.9 Å². The van der Waals surface area contributed by atoms with Crippen molar-refractivity contribution < 1.29 is 14.7 Å². The van der Waals surface area contributed by atoms with Crippen LogP contribution in [0.5, 0.6) is 0 Å². The highest BCUT2D eigenvalue weighted by atomic mass is 16.4. The monoisotopic (exact) mass is 282 g/mol. The average Bonchev–Trinajstić information content (AvgIpc) is 3.22. The number of hydrogen-bond acceptors (Lipinski definition) is 2. The first-order valence-electron chi connectivity index (χ1n) is 7.89. The Morgan fingerprint density at radius 3 is 2.55 bits per heavy atom. The van der Waals surface area contributed by atoms with Crippen molar-refractivity contribution in [2.45, 2.75) is 57.9 Å². The Kier molecular flexibility index (Phi) is 5.26. The van der Waals surface area contributed by atoms with Gasteiger partial charge in [0.2, 0.25) is 0 Å². The average molecular weight is 282 g/mol. The van der Waals surface area contributed by atoms with E-state index in [2.05, 4.69) is 6.92 Å². The maximum absolute atomic E-state index is 12.5. The molecule has 0 aromatic rings. The zero-order valence-electron chi connectivity index (χ0n) is 12.4. The third kappa shape index (κ3) is 4.12. The summed E-state index contributed by atoms with van der Waals surface area (Å²) in [5.74, 6) is -0.185. The summed E-state index contributed by atoms with van der Waals surface area (Å²) in [6.45, 7) is 3.61. The Morgan fingerprint density at radius 1 is 1.20 bits per heavy atom. The van der Waals surface area contributed by atoms with Crippen LogP contribution in [0.15, 0.2) is 0 Å². The van der Waals surface area contributed by atoms with Gasteiger partial charge in [0, 0.05) is 19.1 Å². The molecule has 5 nitrogen and oxygen atoms in total. The van der Waals surface area contributed by atoms with Crippen LogP contribution in [0.2, 0.25) is 0 Å². The van der Waals surface area contributed by atoms with Crippen LogP contribution < -0.4 is 0 Å². The second-order valence-electron chi connectivity index (χ2n) is 6.11. The number of carboxylic acid groups (broad SMARTS) is 1. The van der Waals surface area contributed by atoms with Crippen molar-refractivity contribution in [2.75, 3.05) is 19.6 Å². The van der Waals surface area contributed by atoms with Crippen molar-refractivity contribution in [3.63, 3.8) is 0 Å². The molecule has 2 rings (SSSR count). The number of carbonyl (C=O) groups excluding carboxylic acids is 1.